The summed E-state index contributed by atoms with van der Waals surface area (Å²) in [6.45, 7) is 5.77. The topological polar surface area (TPSA) is 98.8 Å². The van der Waals surface area contributed by atoms with Crippen LogP contribution in [0.5, 0.6) is 6.01 Å². The second-order valence-electron chi connectivity index (χ2n) is 4.62. The first-order valence-corrected chi connectivity index (χ1v) is 6.39. The fourth-order valence-corrected chi connectivity index (χ4v) is 1.61. The maximum Gasteiger partial charge on any atom is 0.323 e. The summed E-state index contributed by atoms with van der Waals surface area (Å²) in [6.07, 6.45) is 3.49. The molecule has 1 atom stereocenters. The summed E-state index contributed by atoms with van der Waals surface area (Å²) >= 11 is 0. The standard InChI is InChI=1S/C13H18N6O/c1-8(2)20-13-18-11(14)17-12(19-13)16-9(3)10-5-4-6-15-7-10/h4-9H,1-3H3,(H3,14,16,17,18,19). The van der Waals surface area contributed by atoms with Crippen LogP contribution in [-0.2, 0) is 0 Å². The summed E-state index contributed by atoms with van der Waals surface area (Å²) in [4.78, 5) is 16.2. The summed E-state index contributed by atoms with van der Waals surface area (Å²) in [5.41, 5.74) is 6.68. The lowest BCUT2D eigenvalue weighted by molar-refractivity contribution is 0.222. The zero-order chi connectivity index (χ0) is 14.5. The third-order valence-electron chi connectivity index (χ3n) is 2.50. The van der Waals surface area contributed by atoms with Gasteiger partial charge in [-0.1, -0.05) is 6.07 Å². The molecule has 0 saturated carbocycles. The van der Waals surface area contributed by atoms with E-state index in [0.29, 0.717) is 5.95 Å². The normalized spacial score (nSPS) is 12.2. The molecule has 2 aromatic heterocycles. The number of anilines is 2. The largest absolute Gasteiger partial charge is 0.461 e. The molecule has 106 valence electrons. The lowest BCUT2D eigenvalue weighted by Crippen LogP contribution is -2.14. The van der Waals surface area contributed by atoms with Crippen molar-refractivity contribution in [3.8, 4) is 6.01 Å². The van der Waals surface area contributed by atoms with Crippen molar-refractivity contribution in [2.75, 3.05) is 11.1 Å². The van der Waals surface area contributed by atoms with Crippen molar-refractivity contribution in [2.45, 2.75) is 32.9 Å². The van der Waals surface area contributed by atoms with Gasteiger partial charge in [-0.05, 0) is 32.4 Å². The van der Waals surface area contributed by atoms with Gasteiger partial charge in [0.15, 0.2) is 0 Å². The number of hydrogen-bond donors (Lipinski definition) is 2. The molecule has 0 radical (unpaired) electrons. The van der Waals surface area contributed by atoms with Crippen molar-refractivity contribution in [3.63, 3.8) is 0 Å². The monoisotopic (exact) mass is 274 g/mol. The average Bonchev–Trinajstić information content (AvgIpc) is 2.38. The average molecular weight is 274 g/mol. The molecule has 2 rings (SSSR count). The minimum Gasteiger partial charge on any atom is -0.461 e. The van der Waals surface area contributed by atoms with E-state index in [9.17, 15) is 0 Å². The highest BCUT2D eigenvalue weighted by molar-refractivity contribution is 5.35. The Bertz CT molecular complexity index is 560. The molecule has 0 aliphatic carbocycles. The van der Waals surface area contributed by atoms with Gasteiger partial charge in [0.05, 0.1) is 12.1 Å². The summed E-state index contributed by atoms with van der Waals surface area (Å²) in [7, 11) is 0. The second kappa shape index (κ2) is 6.14. The van der Waals surface area contributed by atoms with Gasteiger partial charge in [0.1, 0.15) is 0 Å². The molecule has 0 fully saturated rings. The van der Waals surface area contributed by atoms with E-state index in [1.807, 2.05) is 32.9 Å². The van der Waals surface area contributed by atoms with Crippen molar-refractivity contribution >= 4 is 11.9 Å². The summed E-state index contributed by atoms with van der Waals surface area (Å²) in [6, 6.07) is 4.06. The van der Waals surface area contributed by atoms with Gasteiger partial charge in [0.2, 0.25) is 11.9 Å². The molecular formula is C13H18N6O. The Morgan fingerprint density at radius 1 is 1.20 bits per heavy atom. The maximum absolute atomic E-state index is 5.65. The molecule has 0 aliphatic rings. The zero-order valence-corrected chi connectivity index (χ0v) is 11.7. The van der Waals surface area contributed by atoms with Gasteiger partial charge < -0.3 is 15.8 Å². The SMILES string of the molecule is CC(C)Oc1nc(N)nc(NC(C)c2cccnc2)n1. The molecule has 0 spiro atoms. The number of nitrogen functional groups attached to an aromatic ring is 1. The summed E-state index contributed by atoms with van der Waals surface area (Å²) in [5.74, 6) is 0.501. The molecule has 3 N–H and O–H groups in total. The Hall–Kier alpha value is -2.44. The van der Waals surface area contributed by atoms with E-state index in [4.69, 9.17) is 10.5 Å². The smallest absolute Gasteiger partial charge is 0.323 e. The third-order valence-corrected chi connectivity index (χ3v) is 2.50. The molecule has 0 amide bonds. The van der Waals surface area contributed by atoms with E-state index >= 15 is 0 Å². The molecule has 2 aromatic rings. The highest BCUT2D eigenvalue weighted by Gasteiger charge is 2.11. The van der Waals surface area contributed by atoms with E-state index in [-0.39, 0.29) is 24.1 Å². The van der Waals surface area contributed by atoms with Gasteiger partial charge in [0.25, 0.3) is 0 Å². The van der Waals surface area contributed by atoms with Crippen LogP contribution in [0.3, 0.4) is 0 Å². The fraction of sp³-hybridized carbons (Fsp3) is 0.385. The molecule has 1 unspecified atom stereocenters. The first-order valence-electron chi connectivity index (χ1n) is 6.39. The number of aromatic nitrogens is 4. The van der Waals surface area contributed by atoms with Crippen LogP contribution in [-0.4, -0.2) is 26.0 Å². The number of hydrogen-bond acceptors (Lipinski definition) is 7. The molecule has 0 aromatic carbocycles. The third kappa shape index (κ3) is 3.78. The highest BCUT2D eigenvalue weighted by atomic mass is 16.5. The van der Waals surface area contributed by atoms with Gasteiger partial charge in [-0.3, -0.25) is 4.98 Å². The Labute approximate surface area is 117 Å². The van der Waals surface area contributed by atoms with Crippen molar-refractivity contribution in [2.24, 2.45) is 0 Å². The van der Waals surface area contributed by atoms with Crippen LogP contribution in [0.1, 0.15) is 32.4 Å². The van der Waals surface area contributed by atoms with Crippen molar-refractivity contribution < 1.29 is 4.74 Å². The van der Waals surface area contributed by atoms with E-state index in [1.165, 1.54) is 0 Å². The molecule has 7 nitrogen and oxygen atoms in total. The van der Waals surface area contributed by atoms with Gasteiger partial charge in [0, 0.05) is 12.4 Å². The highest BCUT2D eigenvalue weighted by Crippen LogP contribution is 2.17. The first-order chi connectivity index (χ1) is 9.54. The van der Waals surface area contributed by atoms with Gasteiger partial charge >= 0.3 is 6.01 Å². The van der Waals surface area contributed by atoms with E-state index in [2.05, 4.69) is 25.3 Å². The molecule has 0 aliphatic heterocycles. The number of ether oxygens (including phenoxy) is 1. The Balaban J connectivity index is 2.14. The quantitative estimate of drug-likeness (QED) is 0.857. The first kappa shape index (κ1) is 14.0. The molecule has 20 heavy (non-hydrogen) atoms. The fourth-order valence-electron chi connectivity index (χ4n) is 1.61. The Morgan fingerprint density at radius 3 is 2.65 bits per heavy atom. The predicted molar refractivity (Wildman–Crippen MR) is 76.3 cm³/mol. The minimum absolute atomic E-state index is 0.00241. The van der Waals surface area contributed by atoms with Crippen LogP contribution in [0.2, 0.25) is 0 Å². The lowest BCUT2D eigenvalue weighted by Gasteiger charge is -2.15. The second-order valence-corrected chi connectivity index (χ2v) is 4.62. The van der Waals surface area contributed by atoms with Crippen molar-refractivity contribution in [1.29, 1.82) is 0 Å². The van der Waals surface area contributed by atoms with Gasteiger partial charge in [-0.25, -0.2) is 0 Å². The van der Waals surface area contributed by atoms with Crippen LogP contribution >= 0.6 is 0 Å². The summed E-state index contributed by atoms with van der Waals surface area (Å²) < 4.78 is 5.43. The minimum atomic E-state index is -0.0274. The van der Waals surface area contributed by atoms with Crippen LogP contribution in [0.4, 0.5) is 11.9 Å². The Kier molecular flexibility index (Phi) is 4.29. The number of rotatable bonds is 5. The van der Waals surface area contributed by atoms with Gasteiger partial charge in [-0.15, -0.1) is 0 Å². The van der Waals surface area contributed by atoms with Crippen LogP contribution < -0.4 is 15.8 Å². The van der Waals surface area contributed by atoms with E-state index in [0.717, 1.165) is 5.56 Å². The van der Waals surface area contributed by atoms with Crippen LogP contribution in [0.25, 0.3) is 0 Å². The molecule has 0 saturated heterocycles. The van der Waals surface area contributed by atoms with E-state index in [1.54, 1.807) is 12.4 Å². The molecule has 7 heteroatoms. The maximum atomic E-state index is 5.65. The van der Waals surface area contributed by atoms with E-state index < -0.39 is 0 Å². The molecular weight excluding hydrogens is 256 g/mol. The molecule has 0 bridgehead atoms. The number of pyridine rings is 1. The number of nitrogens with two attached hydrogens (primary N) is 1. The van der Waals surface area contributed by atoms with Crippen molar-refractivity contribution in [1.82, 2.24) is 19.9 Å². The number of nitrogens with one attached hydrogen (secondary N) is 1. The predicted octanol–water partition coefficient (Wildman–Crippen LogP) is 1.81. The summed E-state index contributed by atoms with van der Waals surface area (Å²) in [5, 5.41) is 3.15. The Morgan fingerprint density at radius 2 is 2.00 bits per heavy atom. The number of nitrogens with zero attached hydrogens (tertiary/aromatic N) is 4. The van der Waals surface area contributed by atoms with Crippen molar-refractivity contribution in [3.05, 3.63) is 30.1 Å². The van der Waals surface area contributed by atoms with Crippen LogP contribution in [0.15, 0.2) is 24.5 Å². The molecule has 2 heterocycles. The lowest BCUT2D eigenvalue weighted by atomic mass is 10.1. The van der Waals surface area contributed by atoms with Gasteiger partial charge in [-0.2, -0.15) is 15.0 Å². The van der Waals surface area contributed by atoms with Crippen LogP contribution in [0, 0.1) is 0 Å². The zero-order valence-electron chi connectivity index (χ0n) is 11.7.